The minimum Gasteiger partial charge on any atom is -0.397 e. The summed E-state index contributed by atoms with van der Waals surface area (Å²) in [5.74, 6) is -1.07. The van der Waals surface area contributed by atoms with Crippen LogP contribution >= 0.6 is 0 Å². The van der Waals surface area contributed by atoms with E-state index < -0.39 is 11.6 Å². The van der Waals surface area contributed by atoms with Crippen LogP contribution in [0.25, 0.3) is 0 Å². The summed E-state index contributed by atoms with van der Waals surface area (Å²) in [6.45, 7) is 0. The molecule has 0 aromatic heterocycles. The first-order chi connectivity index (χ1) is 8.09. The number of ketones is 1. The van der Waals surface area contributed by atoms with Crippen molar-refractivity contribution in [1.82, 2.24) is 0 Å². The fourth-order valence-corrected chi connectivity index (χ4v) is 1.52. The lowest BCUT2D eigenvalue weighted by atomic mass is 10.0. The first kappa shape index (κ1) is 11.1. The highest BCUT2D eigenvalue weighted by atomic mass is 19.1. The van der Waals surface area contributed by atoms with Crippen molar-refractivity contribution in [2.75, 3.05) is 11.5 Å². The molecule has 0 bridgehead atoms. The Bertz CT molecular complexity index is 567. The van der Waals surface area contributed by atoms with E-state index in [0.717, 1.165) is 6.07 Å². The lowest BCUT2D eigenvalue weighted by Crippen LogP contribution is -2.07. The summed E-state index contributed by atoms with van der Waals surface area (Å²) in [5.41, 5.74) is 11.7. The number of benzene rings is 2. The Morgan fingerprint density at radius 3 is 2.24 bits per heavy atom. The van der Waals surface area contributed by atoms with Gasteiger partial charge in [0, 0.05) is 5.56 Å². The molecule has 0 aliphatic heterocycles. The zero-order valence-electron chi connectivity index (χ0n) is 8.98. The minimum absolute atomic E-state index is 0.0668. The van der Waals surface area contributed by atoms with Crippen molar-refractivity contribution in [3.8, 4) is 0 Å². The van der Waals surface area contributed by atoms with Gasteiger partial charge in [0.1, 0.15) is 5.82 Å². The topological polar surface area (TPSA) is 69.1 Å². The van der Waals surface area contributed by atoms with E-state index >= 15 is 0 Å². The van der Waals surface area contributed by atoms with E-state index in [1.807, 2.05) is 0 Å². The highest BCUT2D eigenvalue weighted by Gasteiger charge is 2.15. The molecule has 17 heavy (non-hydrogen) atoms. The zero-order valence-corrected chi connectivity index (χ0v) is 8.98. The van der Waals surface area contributed by atoms with Crippen LogP contribution in [-0.2, 0) is 0 Å². The molecule has 0 saturated carbocycles. The summed E-state index contributed by atoms with van der Waals surface area (Å²) >= 11 is 0. The Hall–Kier alpha value is -2.36. The normalized spacial score (nSPS) is 10.2. The van der Waals surface area contributed by atoms with Crippen LogP contribution in [0.2, 0.25) is 0 Å². The molecule has 0 saturated heterocycles. The Morgan fingerprint density at radius 2 is 1.59 bits per heavy atom. The molecular weight excluding hydrogens is 219 g/mol. The van der Waals surface area contributed by atoms with Crippen LogP contribution in [-0.4, -0.2) is 5.78 Å². The average molecular weight is 230 g/mol. The third-order valence-electron chi connectivity index (χ3n) is 2.45. The lowest BCUT2D eigenvalue weighted by molar-refractivity contribution is 0.103. The number of hydrogen-bond acceptors (Lipinski definition) is 3. The maximum Gasteiger partial charge on any atom is 0.196 e. The van der Waals surface area contributed by atoms with Gasteiger partial charge in [0.25, 0.3) is 0 Å². The van der Waals surface area contributed by atoms with Crippen LogP contribution in [0, 0.1) is 5.82 Å². The number of anilines is 2. The van der Waals surface area contributed by atoms with Gasteiger partial charge in [-0.05, 0) is 12.1 Å². The van der Waals surface area contributed by atoms with E-state index in [1.54, 1.807) is 30.3 Å². The van der Waals surface area contributed by atoms with Gasteiger partial charge in [-0.1, -0.05) is 30.3 Å². The molecule has 2 aromatic rings. The number of nitrogens with two attached hydrogens (primary N) is 2. The van der Waals surface area contributed by atoms with Crippen LogP contribution in [0.15, 0.2) is 42.5 Å². The first-order valence-electron chi connectivity index (χ1n) is 5.04. The van der Waals surface area contributed by atoms with Crippen molar-refractivity contribution in [3.05, 3.63) is 59.4 Å². The molecule has 0 fully saturated rings. The molecule has 86 valence electrons. The van der Waals surface area contributed by atoms with Gasteiger partial charge in [0.05, 0.1) is 16.9 Å². The lowest BCUT2D eigenvalue weighted by Gasteiger charge is -2.06. The number of carbonyl (C=O) groups is 1. The summed E-state index contributed by atoms with van der Waals surface area (Å²) in [7, 11) is 0. The molecule has 0 unspecified atom stereocenters. The van der Waals surface area contributed by atoms with Gasteiger partial charge in [0.15, 0.2) is 5.78 Å². The van der Waals surface area contributed by atoms with Gasteiger partial charge in [0.2, 0.25) is 0 Å². The Morgan fingerprint density at radius 1 is 1.00 bits per heavy atom. The zero-order chi connectivity index (χ0) is 12.4. The standard InChI is InChI=1S/C13H11FN2O/c14-10-7-12(16)11(15)6-9(10)13(17)8-4-2-1-3-5-8/h1-7H,15-16H2. The molecule has 0 radical (unpaired) electrons. The second-order valence-corrected chi connectivity index (χ2v) is 3.66. The molecule has 0 aliphatic rings. The minimum atomic E-state index is -0.662. The number of carbonyl (C=O) groups excluding carboxylic acids is 1. The molecule has 0 spiro atoms. The Kier molecular flexibility index (Phi) is 2.78. The molecular formula is C13H11FN2O. The van der Waals surface area contributed by atoms with E-state index in [1.165, 1.54) is 6.07 Å². The van der Waals surface area contributed by atoms with E-state index in [0.29, 0.717) is 5.56 Å². The van der Waals surface area contributed by atoms with E-state index in [2.05, 4.69) is 0 Å². The van der Waals surface area contributed by atoms with Gasteiger partial charge in [-0.15, -0.1) is 0 Å². The summed E-state index contributed by atoms with van der Waals surface area (Å²) in [5, 5.41) is 0. The monoisotopic (exact) mass is 230 g/mol. The molecule has 3 nitrogen and oxygen atoms in total. The second kappa shape index (κ2) is 4.25. The molecule has 0 heterocycles. The number of halogens is 1. The second-order valence-electron chi connectivity index (χ2n) is 3.66. The highest BCUT2D eigenvalue weighted by Crippen LogP contribution is 2.22. The van der Waals surface area contributed by atoms with Gasteiger partial charge >= 0.3 is 0 Å². The van der Waals surface area contributed by atoms with Gasteiger partial charge < -0.3 is 11.5 Å². The number of hydrogen-bond donors (Lipinski definition) is 2. The highest BCUT2D eigenvalue weighted by molar-refractivity contribution is 6.09. The number of nitrogen functional groups attached to an aromatic ring is 2. The molecule has 2 rings (SSSR count). The maximum atomic E-state index is 13.6. The first-order valence-corrected chi connectivity index (χ1v) is 5.04. The quantitative estimate of drug-likeness (QED) is 0.614. The third kappa shape index (κ3) is 2.10. The van der Waals surface area contributed by atoms with Crippen molar-refractivity contribution < 1.29 is 9.18 Å². The Labute approximate surface area is 97.9 Å². The predicted molar refractivity (Wildman–Crippen MR) is 65.1 cm³/mol. The fraction of sp³-hybridized carbons (Fsp3) is 0. The third-order valence-corrected chi connectivity index (χ3v) is 2.45. The molecule has 0 atom stereocenters. The summed E-state index contributed by atoms with van der Waals surface area (Å²) in [6, 6.07) is 10.8. The van der Waals surface area contributed by atoms with Gasteiger partial charge in [-0.25, -0.2) is 4.39 Å². The summed E-state index contributed by atoms with van der Waals surface area (Å²) < 4.78 is 13.6. The average Bonchev–Trinajstić information content (AvgIpc) is 2.34. The SMILES string of the molecule is Nc1cc(F)c(C(=O)c2ccccc2)cc1N. The van der Waals surface area contributed by atoms with E-state index in [4.69, 9.17) is 11.5 Å². The van der Waals surface area contributed by atoms with Crippen LogP contribution in [0.5, 0.6) is 0 Å². The van der Waals surface area contributed by atoms with Crippen molar-refractivity contribution in [3.63, 3.8) is 0 Å². The van der Waals surface area contributed by atoms with Crippen LogP contribution in [0.4, 0.5) is 15.8 Å². The molecule has 0 aliphatic carbocycles. The molecule has 4 N–H and O–H groups in total. The molecule has 4 heteroatoms. The van der Waals surface area contributed by atoms with Crippen molar-refractivity contribution in [2.45, 2.75) is 0 Å². The van der Waals surface area contributed by atoms with Crippen molar-refractivity contribution >= 4 is 17.2 Å². The Balaban J connectivity index is 2.48. The van der Waals surface area contributed by atoms with Crippen molar-refractivity contribution in [1.29, 1.82) is 0 Å². The summed E-state index contributed by atoms with van der Waals surface area (Å²) in [4.78, 5) is 12.0. The number of rotatable bonds is 2. The van der Waals surface area contributed by atoms with Gasteiger partial charge in [-0.3, -0.25) is 4.79 Å². The van der Waals surface area contributed by atoms with Gasteiger partial charge in [-0.2, -0.15) is 0 Å². The summed E-state index contributed by atoms with van der Waals surface area (Å²) in [6.07, 6.45) is 0. The van der Waals surface area contributed by atoms with Crippen LogP contribution < -0.4 is 11.5 Å². The molecule has 0 amide bonds. The largest absolute Gasteiger partial charge is 0.397 e. The predicted octanol–water partition coefficient (Wildman–Crippen LogP) is 2.22. The molecule has 2 aromatic carbocycles. The van der Waals surface area contributed by atoms with Crippen molar-refractivity contribution in [2.24, 2.45) is 0 Å². The van der Waals surface area contributed by atoms with E-state index in [9.17, 15) is 9.18 Å². The van der Waals surface area contributed by atoms with Crippen LogP contribution in [0.1, 0.15) is 15.9 Å². The maximum absolute atomic E-state index is 13.6. The van der Waals surface area contributed by atoms with Crippen LogP contribution in [0.3, 0.4) is 0 Å². The smallest absolute Gasteiger partial charge is 0.196 e. The fourth-order valence-electron chi connectivity index (χ4n) is 1.52. The van der Waals surface area contributed by atoms with E-state index in [-0.39, 0.29) is 16.9 Å².